The molecule has 1 fully saturated rings. The molecular weight excluding hydrogens is 349 g/mol. The first-order chi connectivity index (χ1) is 12.0. The van der Waals surface area contributed by atoms with Crippen molar-refractivity contribution in [1.82, 2.24) is 10.2 Å². The molecule has 1 heterocycles. The standard InChI is InChI=1S/C18H23F3N2O3/c1-17(2,3)26-16(25)23-10-13(12-7-5-4-6-8-12)9-14(11-23)22-15(24)18(19,20)21/h4-8,13-14H,9-11H2,1-3H3,(H,22,24). The Morgan fingerprint density at radius 2 is 1.73 bits per heavy atom. The average Bonchev–Trinajstić information content (AvgIpc) is 2.53. The topological polar surface area (TPSA) is 58.6 Å². The molecule has 2 amide bonds. The highest BCUT2D eigenvalue weighted by molar-refractivity contribution is 5.82. The van der Waals surface area contributed by atoms with Crippen LogP contribution in [0.5, 0.6) is 0 Å². The molecule has 0 saturated carbocycles. The number of amides is 2. The molecule has 2 rings (SSSR count). The molecule has 0 spiro atoms. The number of hydrogen-bond donors (Lipinski definition) is 1. The Morgan fingerprint density at radius 1 is 1.12 bits per heavy atom. The number of ether oxygens (including phenoxy) is 1. The number of likely N-dealkylation sites (tertiary alicyclic amines) is 1. The molecule has 5 nitrogen and oxygen atoms in total. The van der Waals surface area contributed by atoms with Crippen LogP contribution in [0, 0.1) is 0 Å². The lowest BCUT2D eigenvalue weighted by atomic mass is 9.88. The van der Waals surface area contributed by atoms with E-state index in [0.717, 1.165) is 5.56 Å². The first-order valence-electron chi connectivity index (χ1n) is 8.36. The fourth-order valence-corrected chi connectivity index (χ4v) is 2.91. The maximum Gasteiger partial charge on any atom is 0.471 e. The highest BCUT2D eigenvalue weighted by Gasteiger charge is 2.42. The number of piperidine rings is 1. The van der Waals surface area contributed by atoms with Crippen molar-refractivity contribution in [3.05, 3.63) is 35.9 Å². The van der Waals surface area contributed by atoms with Crippen molar-refractivity contribution in [2.75, 3.05) is 13.1 Å². The second-order valence-electron chi connectivity index (χ2n) is 7.40. The van der Waals surface area contributed by atoms with Gasteiger partial charge >= 0.3 is 18.2 Å². The van der Waals surface area contributed by atoms with Gasteiger partial charge in [0, 0.05) is 25.0 Å². The van der Waals surface area contributed by atoms with Crippen LogP contribution in [-0.4, -0.2) is 47.8 Å². The van der Waals surface area contributed by atoms with Gasteiger partial charge in [0.25, 0.3) is 0 Å². The third kappa shape index (κ3) is 5.64. The molecule has 1 saturated heterocycles. The molecule has 1 N–H and O–H groups in total. The number of benzene rings is 1. The van der Waals surface area contributed by atoms with E-state index in [0.29, 0.717) is 13.0 Å². The number of alkyl halides is 3. The Morgan fingerprint density at radius 3 is 2.27 bits per heavy atom. The first-order valence-corrected chi connectivity index (χ1v) is 8.36. The van der Waals surface area contributed by atoms with Gasteiger partial charge in [-0.25, -0.2) is 4.79 Å². The maximum absolute atomic E-state index is 12.6. The number of carbonyl (C=O) groups is 2. The highest BCUT2D eigenvalue weighted by Crippen LogP contribution is 2.28. The number of hydrogen-bond acceptors (Lipinski definition) is 3. The van der Waals surface area contributed by atoms with E-state index in [1.165, 1.54) is 4.90 Å². The van der Waals surface area contributed by atoms with Crippen molar-refractivity contribution in [3.63, 3.8) is 0 Å². The predicted octanol–water partition coefficient (Wildman–Crippen LogP) is 3.46. The minimum absolute atomic E-state index is 0.0277. The number of nitrogens with one attached hydrogen (secondary N) is 1. The van der Waals surface area contributed by atoms with Crippen LogP contribution in [0.15, 0.2) is 30.3 Å². The smallest absolute Gasteiger partial charge is 0.444 e. The Hall–Kier alpha value is -2.25. The summed E-state index contributed by atoms with van der Waals surface area (Å²) in [5.74, 6) is -2.20. The van der Waals surface area contributed by atoms with E-state index in [9.17, 15) is 22.8 Å². The summed E-state index contributed by atoms with van der Waals surface area (Å²) in [6.07, 6.45) is -5.26. The van der Waals surface area contributed by atoms with E-state index in [4.69, 9.17) is 4.74 Å². The summed E-state index contributed by atoms with van der Waals surface area (Å²) >= 11 is 0. The quantitative estimate of drug-likeness (QED) is 0.865. The Labute approximate surface area is 150 Å². The molecule has 0 bridgehead atoms. The summed E-state index contributed by atoms with van der Waals surface area (Å²) in [5, 5.41) is 1.99. The van der Waals surface area contributed by atoms with Crippen molar-refractivity contribution in [2.45, 2.75) is 50.9 Å². The first kappa shape index (κ1) is 20.1. The summed E-state index contributed by atoms with van der Waals surface area (Å²) in [4.78, 5) is 25.1. The zero-order chi connectivity index (χ0) is 19.5. The number of halogens is 3. The fraction of sp³-hybridized carbons (Fsp3) is 0.556. The van der Waals surface area contributed by atoms with Crippen LogP contribution in [0.4, 0.5) is 18.0 Å². The van der Waals surface area contributed by atoms with Crippen molar-refractivity contribution in [3.8, 4) is 0 Å². The van der Waals surface area contributed by atoms with E-state index in [1.54, 1.807) is 20.8 Å². The molecule has 2 atom stereocenters. The zero-order valence-electron chi connectivity index (χ0n) is 15.0. The van der Waals surface area contributed by atoms with Gasteiger partial charge in [0.05, 0.1) is 0 Å². The van der Waals surface area contributed by atoms with Crippen LogP contribution in [0.3, 0.4) is 0 Å². The van der Waals surface area contributed by atoms with Crippen LogP contribution in [-0.2, 0) is 9.53 Å². The highest BCUT2D eigenvalue weighted by atomic mass is 19.4. The average molecular weight is 372 g/mol. The van der Waals surface area contributed by atoms with Gasteiger partial charge in [-0.3, -0.25) is 4.79 Å². The lowest BCUT2D eigenvalue weighted by Crippen LogP contribution is -2.54. The van der Waals surface area contributed by atoms with Crippen molar-refractivity contribution >= 4 is 12.0 Å². The summed E-state index contributed by atoms with van der Waals surface area (Å²) in [7, 11) is 0. The van der Waals surface area contributed by atoms with Crippen LogP contribution in [0.2, 0.25) is 0 Å². The van der Waals surface area contributed by atoms with E-state index < -0.39 is 29.8 Å². The summed E-state index contributed by atoms with van der Waals surface area (Å²) in [6, 6.07) is 8.38. The van der Waals surface area contributed by atoms with E-state index >= 15 is 0 Å². The van der Waals surface area contributed by atoms with Crippen LogP contribution in [0.25, 0.3) is 0 Å². The Kier molecular flexibility index (Phi) is 5.83. The predicted molar refractivity (Wildman–Crippen MR) is 89.6 cm³/mol. The minimum atomic E-state index is -4.96. The molecule has 144 valence electrons. The lowest BCUT2D eigenvalue weighted by molar-refractivity contribution is -0.174. The van der Waals surface area contributed by atoms with Gasteiger partial charge in [0.15, 0.2) is 0 Å². The van der Waals surface area contributed by atoms with Gasteiger partial charge in [0.2, 0.25) is 0 Å². The summed E-state index contributed by atoms with van der Waals surface area (Å²) in [5.41, 5.74) is 0.175. The maximum atomic E-state index is 12.6. The number of rotatable bonds is 2. The van der Waals surface area contributed by atoms with Gasteiger partial charge in [-0.05, 0) is 32.8 Å². The van der Waals surface area contributed by atoms with Crippen LogP contribution < -0.4 is 5.32 Å². The Bertz CT molecular complexity index is 641. The van der Waals surface area contributed by atoms with E-state index in [2.05, 4.69) is 0 Å². The molecule has 0 aliphatic carbocycles. The van der Waals surface area contributed by atoms with Gasteiger partial charge < -0.3 is 15.0 Å². The van der Waals surface area contributed by atoms with Crippen LogP contribution in [0.1, 0.15) is 38.7 Å². The fourth-order valence-electron chi connectivity index (χ4n) is 2.91. The van der Waals surface area contributed by atoms with E-state index in [1.807, 2.05) is 35.6 Å². The monoisotopic (exact) mass is 372 g/mol. The summed E-state index contributed by atoms with van der Waals surface area (Å²) < 4.78 is 43.1. The normalized spacial score (nSPS) is 21.2. The molecule has 1 aliphatic rings. The second kappa shape index (κ2) is 7.55. The third-order valence-corrected chi connectivity index (χ3v) is 3.97. The van der Waals surface area contributed by atoms with Gasteiger partial charge in [-0.1, -0.05) is 30.3 Å². The van der Waals surface area contributed by atoms with Gasteiger partial charge in [-0.15, -0.1) is 0 Å². The molecule has 2 unspecified atom stereocenters. The Balaban J connectivity index is 2.18. The second-order valence-corrected chi connectivity index (χ2v) is 7.40. The largest absolute Gasteiger partial charge is 0.471 e. The van der Waals surface area contributed by atoms with E-state index in [-0.39, 0.29) is 12.5 Å². The van der Waals surface area contributed by atoms with Gasteiger partial charge in [-0.2, -0.15) is 13.2 Å². The summed E-state index contributed by atoms with van der Waals surface area (Å²) in [6.45, 7) is 5.43. The molecule has 1 aromatic carbocycles. The van der Waals surface area contributed by atoms with Gasteiger partial charge in [0.1, 0.15) is 5.60 Å². The van der Waals surface area contributed by atoms with Crippen molar-refractivity contribution in [2.24, 2.45) is 0 Å². The van der Waals surface area contributed by atoms with Crippen molar-refractivity contribution in [1.29, 1.82) is 0 Å². The molecule has 0 radical (unpaired) electrons. The van der Waals surface area contributed by atoms with Crippen molar-refractivity contribution < 1.29 is 27.5 Å². The molecule has 0 aromatic heterocycles. The zero-order valence-corrected chi connectivity index (χ0v) is 15.0. The number of carbonyl (C=O) groups excluding carboxylic acids is 2. The van der Waals surface area contributed by atoms with Crippen LogP contribution >= 0.6 is 0 Å². The SMILES string of the molecule is CC(C)(C)OC(=O)N1CC(NC(=O)C(F)(F)F)CC(c2ccccc2)C1. The molecule has 26 heavy (non-hydrogen) atoms. The molecule has 1 aromatic rings. The number of nitrogens with zero attached hydrogens (tertiary/aromatic N) is 1. The lowest BCUT2D eigenvalue weighted by Gasteiger charge is -2.39. The minimum Gasteiger partial charge on any atom is -0.444 e. The molecule has 1 aliphatic heterocycles. The molecular formula is C18H23F3N2O3. The third-order valence-electron chi connectivity index (χ3n) is 3.97. The molecule has 8 heteroatoms.